The van der Waals surface area contributed by atoms with Gasteiger partial charge in [0.25, 0.3) is 0 Å². The van der Waals surface area contributed by atoms with E-state index in [0.29, 0.717) is 10.6 Å². The molecule has 2 aromatic carbocycles. The molecule has 0 aliphatic heterocycles. The van der Waals surface area contributed by atoms with E-state index in [0.717, 1.165) is 5.69 Å². The number of carbonyl (C=O) groups excluding carboxylic acids is 1. The van der Waals surface area contributed by atoms with Gasteiger partial charge in [-0.2, -0.15) is 0 Å². The van der Waals surface area contributed by atoms with Gasteiger partial charge in [-0.3, -0.25) is 10.1 Å². The van der Waals surface area contributed by atoms with Gasteiger partial charge in [0.05, 0.1) is 11.1 Å². The van der Waals surface area contributed by atoms with Crippen molar-refractivity contribution < 1.29 is 9.18 Å². The lowest BCUT2D eigenvalue weighted by Gasteiger charge is -2.25. The van der Waals surface area contributed by atoms with Crippen LogP contribution in [0.25, 0.3) is 0 Å². The maximum atomic E-state index is 13.7. The van der Waals surface area contributed by atoms with Gasteiger partial charge < -0.3 is 4.90 Å². The molecule has 128 valence electrons. The number of carbonyl (C=O) groups is 1. The van der Waals surface area contributed by atoms with Crippen molar-refractivity contribution in [2.75, 3.05) is 11.9 Å². The minimum Gasteiger partial charge on any atom is -0.314 e. The number of anilines is 1. The molecular weight excluding hydrogens is 350 g/mol. The number of benzene rings is 2. The van der Waals surface area contributed by atoms with E-state index in [9.17, 15) is 9.18 Å². The van der Waals surface area contributed by atoms with Gasteiger partial charge in [-0.05, 0) is 43.7 Å². The van der Waals surface area contributed by atoms with Crippen LogP contribution in [0.3, 0.4) is 0 Å². The Kier molecular flexibility index (Phi) is 6.21. The summed E-state index contributed by atoms with van der Waals surface area (Å²) in [6, 6.07) is 11.2. The van der Waals surface area contributed by atoms with Crippen molar-refractivity contribution in [3.63, 3.8) is 0 Å². The highest BCUT2D eigenvalue weighted by Crippen LogP contribution is 2.29. The predicted octanol–water partition coefficient (Wildman–Crippen LogP) is 4.83. The first-order chi connectivity index (χ1) is 11.3. The van der Waals surface area contributed by atoms with Crippen LogP contribution in [0.4, 0.5) is 10.1 Å². The van der Waals surface area contributed by atoms with Gasteiger partial charge in [0.1, 0.15) is 5.82 Å². The van der Waals surface area contributed by atoms with Crippen molar-refractivity contribution in [2.24, 2.45) is 0 Å². The number of rotatable bonds is 5. The number of halogens is 3. The Morgan fingerprint density at radius 3 is 2.38 bits per heavy atom. The normalized spacial score (nSPS) is 13.4. The third kappa shape index (κ3) is 4.26. The standard InChI is InChI=1S/C18H19Cl2FN2O/c1-11(14-9-17(21)16(20)10-15(14)19)22-12(2)18(24)23(3)13-7-5-4-6-8-13/h4-12,22H,1-3H3/t11-,12+/m1/s1. The van der Waals surface area contributed by atoms with Crippen LogP contribution in [-0.2, 0) is 4.79 Å². The molecule has 0 bridgehead atoms. The molecule has 0 saturated carbocycles. The zero-order chi connectivity index (χ0) is 17.9. The molecule has 1 amide bonds. The summed E-state index contributed by atoms with van der Waals surface area (Å²) < 4.78 is 13.7. The lowest BCUT2D eigenvalue weighted by atomic mass is 10.1. The highest BCUT2D eigenvalue weighted by Gasteiger charge is 2.22. The molecule has 0 unspecified atom stereocenters. The Morgan fingerprint density at radius 2 is 1.75 bits per heavy atom. The summed E-state index contributed by atoms with van der Waals surface area (Å²) >= 11 is 11.8. The average Bonchev–Trinajstić information content (AvgIpc) is 2.57. The van der Waals surface area contributed by atoms with E-state index in [1.807, 2.05) is 37.3 Å². The van der Waals surface area contributed by atoms with E-state index < -0.39 is 11.9 Å². The zero-order valence-electron chi connectivity index (χ0n) is 13.7. The molecule has 0 aliphatic rings. The first-order valence-corrected chi connectivity index (χ1v) is 8.30. The Morgan fingerprint density at radius 1 is 1.12 bits per heavy atom. The summed E-state index contributed by atoms with van der Waals surface area (Å²) in [7, 11) is 1.72. The first-order valence-electron chi connectivity index (χ1n) is 7.54. The average molecular weight is 369 g/mol. The smallest absolute Gasteiger partial charge is 0.243 e. The Labute approximate surface area is 151 Å². The summed E-state index contributed by atoms with van der Waals surface area (Å²) in [6.45, 7) is 3.58. The van der Waals surface area contributed by atoms with Crippen LogP contribution in [0.1, 0.15) is 25.5 Å². The monoisotopic (exact) mass is 368 g/mol. The number of hydrogen-bond donors (Lipinski definition) is 1. The number of likely N-dealkylation sites (N-methyl/N-ethyl adjacent to an activating group) is 1. The zero-order valence-corrected chi connectivity index (χ0v) is 15.2. The molecule has 3 nitrogen and oxygen atoms in total. The largest absolute Gasteiger partial charge is 0.314 e. The van der Waals surface area contributed by atoms with Crippen LogP contribution < -0.4 is 10.2 Å². The molecule has 0 saturated heterocycles. The van der Waals surface area contributed by atoms with Crippen LogP contribution in [0, 0.1) is 5.82 Å². The van der Waals surface area contributed by atoms with E-state index in [4.69, 9.17) is 23.2 Å². The fourth-order valence-electron chi connectivity index (χ4n) is 2.48. The molecule has 0 fully saturated rings. The maximum absolute atomic E-state index is 13.7. The second-order valence-electron chi connectivity index (χ2n) is 5.63. The van der Waals surface area contributed by atoms with Crippen molar-refractivity contribution in [2.45, 2.75) is 25.9 Å². The molecule has 6 heteroatoms. The SMILES string of the molecule is C[C@H](N[C@H](C)c1cc(F)c(Cl)cc1Cl)C(=O)N(C)c1ccccc1. The third-order valence-corrected chi connectivity index (χ3v) is 4.47. The number of nitrogens with one attached hydrogen (secondary N) is 1. The summed E-state index contributed by atoms with van der Waals surface area (Å²) in [5.74, 6) is -0.635. The van der Waals surface area contributed by atoms with E-state index in [2.05, 4.69) is 5.32 Å². The predicted molar refractivity (Wildman–Crippen MR) is 97.3 cm³/mol. The molecule has 0 spiro atoms. The second-order valence-corrected chi connectivity index (χ2v) is 6.45. The number of nitrogens with zero attached hydrogens (tertiary/aromatic N) is 1. The fourth-order valence-corrected chi connectivity index (χ4v) is 3.02. The second kappa shape index (κ2) is 7.97. The van der Waals surface area contributed by atoms with Crippen molar-refractivity contribution in [1.82, 2.24) is 5.32 Å². The van der Waals surface area contributed by atoms with E-state index >= 15 is 0 Å². The number of para-hydroxylation sites is 1. The highest BCUT2D eigenvalue weighted by molar-refractivity contribution is 6.35. The summed E-state index contributed by atoms with van der Waals surface area (Å²) in [5, 5.41) is 3.48. The Hall–Kier alpha value is -1.62. The topological polar surface area (TPSA) is 32.3 Å². The quantitative estimate of drug-likeness (QED) is 0.766. The van der Waals surface area contributed by atoms with Gasteiger partial charge in [0, 0.05) is 23.8 Å². The van der Waals surface area contributed by atoms with E-state index in [1.54, 1.807) is 18.9 Å². The number of hydrogen-bond acceptors (Lipinski definition) is 2. The molecule has 2 aromatic rings. The van der Waals surface area contributed by atoms with Crippen molar-refractivity contribution in [3.05, 3.63) is 63.9 Å². The Bertz CT molecular complexity index is 724. The molecule has 0 radical (unpaired) electrons. The fraction of sp³-hybridized carbons (Fsp3) is 0.278. The molecule has 1 N–H and O–H groups in total. The Balaban J connectivity index is 2.10. The first kappa shape index (κ1) is 18.7. The van der Waals surface area contributed by atoms with Crippen molar-refractivity contribution in [1.29, 1.82) is 0 Å². The molecular formula is C18H19Cl2FN2O. The molecule has 0 aromatic heterocycles. The van der Waals surface area contributed by atoms with Crippen LogP contribution in [0.2, 0.25) is 10.0 Å². The molecule has 2 rings (SSSR count). The number of amides is 1. The molecule has 24 heavy (non-hydrogen) atoms. The maximum Gasteiger partial charge on any atom is 0.243 e. The summed E-state index contributed by atoms with van der Waals surface area (Å²) in [5.41, 5.74) is 1.36. The summed E-state index contributed by atoms with van der Waals surface area (Å²) in [6.07, 6.45) is 0. The lowest BCUT2D eigenvalue weighted by molar-refractivity contribution is -0.120. The van der Waals surface area contributed by atoms with E-state index in [-0.39, 0.29) is 17.0 Å². The van der Waals surface area contributed by atoms with Crippen molar-refractivity contribution >= 4 is 34.8 Å². The van der Waals surface area contributed by atoms with Gasteiger partial charge >= 0.3 is 0 Å². The van der Waals surface area contributed by atoms with Crippen LogP contribution >= 0.6 is 23.2 Å². The minimum absolute atomic E-state index is 0.0242. The van der Waals surface area contributed by atoms with Gasteiger partial charge in [-0.25, -0.2) is 4.39 Å². The van der Waals surface area contributed by atoms with Crippen LogP contribution in [-0.4, -0.2) is 19.0 Å². The van der Waals surface area contributed by atoms with Crippen molar-refractivity contribution in [3.8, 4) is 0 Å². The third-order valence-electron chi connectivity index (χ3n) is 3.85. The lowest BCUT2D eigenvalue weighted by Crippen LogP contribution is -2.44. The van der Waals surface area contributed by atoms with Crippen LogP contribution in [0.5, 0.6) is 0 Å². The molecule has 2 atom stereocenters. The van der Waals surface area contributed by atoms with Gasteiger partial charge in [-0.15, -0.1) is 0 Å². The van der Waals surface area contributed by atoms with Gasteiger partial charge in [0.2, 0.25) is 5.91 Å². The van der Waals surface area contributed by atoms with Crippen LogP contribution in [0.15, 0.2) is 42.5 Å². The van der Waals surface area contributed by atoms with E-state index in [1.165, 1.54) is 12.1 Å². The summed E-state index contributed by atoms with van der Waals surface area (Å²) in [4.78, 5) is 14.1. The molecule has 0 heterocycles. The highest BCUT2D eigenvalue weighted by atomic mass is 35.5. The van der Waals surface area contributed by atoms with Gasteiger partial charge in [-0.1, -0.05) is 41.4 Å². The minimum atomic E-state index is -0.537. The molecule has 0 aliphatic carbocycles. The van der Waals surface area contributed by atoms with Gasteiger partial charge in [0.15, 0.2) is 0 Å².